The van der Waals surface area contributed by atoms with Crippen LogP contribution >= 0.6 is 0 Å². The number of pyridine rings is 1. The molecule has 0 aliphatic rings. The molecule has 0 unspecified atom stereocenters. The molecule has 146 valence electrons. The molecular formula is C20H26N2O5. The summed E-state index contributed by atoms with van der Waals surface area (Å²) in [5.41, 5.74) is -0.532. The summed E-state index contributed by atoms with van der Waals surface area (Å²) >= 11 is 0. The van der Waals surface area contributed by atoms with Crippen LogP contribution in [0.2, 0.25) is 0 Å². The third-order valence-corrected chi connectivity index (χ3v) is 3.40. The van der Waals surface area contributed by atoms with Crippen molar-refractivity contribution in [2.24, 2.45) is 0 Å². The number of ether oxygens (including phenoxy) is 2. The summed E-state index contributed by atoms with van der Waals surface area (Å²) in [6.45, 7) is 9.62. The van der Waals surface area contributed by atoms with Gasteiger partial charge in [0.25, 0.3) is 0 Å². The molecule has 0 radical (unpaired) electrons. The summed E-state index contributed by atoms with van der Waals surface area (Å²) in [7, 11) is 0. The lowest BCUT2D eigenvalue weighted by Gasteiger charge is -2.28. The SMILES string of the molecule is CC(C)(C)OC(=O)N(CC(=O)c1ccn2ccccc12)C(=O)OC(C)(C)C. The highest BCUT2D eigenvalue weighted by Crippen LogP contribution is 2.17. The molecule has 0 atom stereocenters. The number of nitrogens with zero attached hydrogens (tertiary/aromatic N) is 2. The number of aromatic nitrogens is 1. The highest BCUT2D eigenvalue weighted by atomic mass is 16.6. The van der Waals surface area contributed by atoms with Crippen molar-refractivity contribution < 1.29 is 23.9 Å². The second-order valence-corrected chi connectivity index (χ2v) is 8.19. The summed E-state index contributed by atoms with van der Waals surface area (Å²) in [4.78, 5) is 38.5. The number of fused-ring (bicyclic) bond motifs is 1. The molecule has 0 aliphatic carbocycles. The Hall–Kier alpha value is -2.83. The van der Waals surface area contributed by atoms with E-state index in [0.717, 1.165) is 0 Å². The number of Topliss-reactive ketones (excluding diaryl/α,β-unsaturated/α-hetero) is 1. The van der Waals surface area contributed by atoms with Crippen LogP contribution in [0.5, 0.6) is 0 Å². The molecule has 0 bridgehead atoms. The smallest absolute Gasteiger partial charge is 0.420 e. The third-order valence-electron chi connectivity index (χ3n) is 3.40. The number of ketones is 1. The van der Waals surface area contributed by atoms with Gasteiger partial charge in [-0.05, 0) is 59.7 Å². The Kier molecular flexibility index (Phi) is 5.63. The van der Waals surface area contributed by atoms with E-state index in [1.165, 1.54) is 0 Å². The summed E-state index contributed by atoms with van der Waals surface area (Å²) in [5.74, 6) is -0.389. The Labute approximate surface area is 158 Å². The largest absolute Gasteiger partial charge is 0.443 e. The fraction of sp³-hybridized carbons (Fsp3) is 0.450. The molecule has 2 aromatic rings. The Bertz CT molecular complexity index is 827. The Morgan fingerprint density at radius 2 is 1.44 bits per heavy atom. The normalized spacial score (nSPS) is 11.9. The lowest BCUT2D eigenvalue weighted by molar-refractivity contribution is 0.00188. The van der Waals surface area contributed by atoms with Crippen molar-refractivity contribution in [2.45, 2.75) is 52.7 Å². The van der Waals surface area contributed by atoms with Crippen LogP contribution in [0.1, 0.15) is 51.9 Å². The van der Waals surface area contributed by atoms with E-state index in [1.807, 2.05) is 18.3 Å². The first-order valence-electron chi connectivity index (χ1n) is 8.70. The number of carbonyl (C=O) groups is 3. The molecule has 0 aromatic carbocycles. The highest BCUT2D eigenvalue weighted by Gasteiger charge is 2.33. The van der Waals surface area contributed by atoms with Gasteiger partial charge in [0.1, 0.15) is 11.2 Å². The number of hydrogen-bond acceptors (Lipinski definition) is 5. The minimum Gasteiger partial charge on any atom is -0.443 e. The van der Waals surface area contributed by atoms with E-state index in [-0.39, 0.29) is 5.78 Å². The Morgan fingerprint density at radius 1 is 0.889 bits per heavy atom. The standard InChI is InChI=1S/C20H26N2O5/c1-19(2,3)26-17(24)22(18(25)27-20(4,5)6)13-16(23)14-10-12-21-11-8-7-9-15(14)21/h7-12H,13H2,1-6H3. The first-order valence-corrected chi connectivity index (χ1v) is 8.70. The van der Waals surface area contributed by atoms with E-state index >= 15 is 0 Å². The summed E-state index contributed by atoms with van der Waals surface area (Å²) < 4.78 is 12.3. The minimum absolute atomic E-state index is 0.389. The van der Waals surface area contributed by atoms with E-state index < -0.39 is 29.9 Å². The molecule has 0 aliphatic heterocycles. The second kappa shape index (κ2) is 7.42. The molecule has 2 rings (SSSR count). The lowest BCUT2D eigenvalue weighted by atomic mass is 10.1. The quantitative estimate of drug-likeness (QED) is 0.749. The van der Waals surface area contributed by atoms with Crippen molar-refractivity contribution in [2.75, 3.05) is 6.54 Å². The van der Waals surface area contributed by atoms with Crippen LogP contribution in [0.25, 0.3) is 5.52 Å². The van der Waals surface area contributed by atoms with Crippen LogP contribution in [0, 0.1) is 0 Å². The molecule has 0 fully saturated rings. The molecule has 2 aromatic heterocycles. The Morgan fingerprint density at radius 3 is 1.96 bits per heavy atom. The van der Waals surface area contributed by atoms with E-state index in [0.29, 0.717) is 16.0 Å². The monoisotopic (exact) mass is 374 g/mol. The molecule has 0 N–H and O–H groups in total. The van der Waals surface area contributed by atoms with Gasteiger partial charge >= 0.3 is 12.2 Å². The average Bonchev–Trinajstić information content (AvgIpc) is 2.92. The maximum absolute atomic E-state index is 12.8. The number of rotatable bonds is 3. The zero-order chi connectivity index (χ0) is 20.4. The summed E-state index contributed by atoms with van der Waals surface area (Å²) in [6, 6.07) is 7.10. The van der Waals surface area contributed by atoms with Gasteiger partial charge in [0.2, 0.25) is 0 Å². The first kappa shape index (κ1) is 20.5. The second-order valence-electron chi connectivity index (χ2n) is 8.19. The molecule has 2 heterocycles. The van der Waals surface area contributed by atoms with E-state index in [2.05, 4.69) is 0 Å². The first-order chi connectivity index (χ1) is 12.4. The maximum atomic E-state index is 12.8. The molecule has 2 amide bonds. The van der Waals surface area contributed by atoms with Crippen LogP contribution in [-0.2, 0) is 9.47 Å². The Balaban J connectivity index is 2.28. The van der Waals surface area contributed by atoms with Crippen molar-refractivity contribution in [3.8, 4) is 0 Å². The van der Waals surface area contributed by atoms with Gasteiger partial charge in [-0.3, -0.25) is 4.79 Å². The van der Waals surface area contributed by atoms with Crippen molar-refractivity contribution >= 4 is 23.5 Å². The van der Waals surface area contributed by atoms with Crippen LogP contribution < -0.4 is 0 Å². The molecule has 0 saturated heterocycles. The van der Waals surface area contributed by atoms with E-state index in [9.17, 15) is 14.4 Å². The molecule has 7 nitrogen and oxygen atoms in total. The van der Waals surface area contributed by atoms with Crippen molar-refractivity contribution in [1.82, 2.24) is 9.30 Å². The fourth-order valence-corrected chi connectivity index (χ4v) is 2.36. The van der Waals surface area contributed by atoms with Gasteiger partial charge in [-0.2, -0.15) is 0 Å². The lowest BCUT2D eigenvalue weighted by Crippen LogP contribution is -2.45. The minimum atomic E-state index is -0.923. The van der Waals surface area contributed by atoms with E-state index in [4.69, 9.17) is 9.47 Å². The van der Waals surface area contributed by atoms with Crippen molar-refractivity contribution in [3.63, 3.8) is 0 Å². The summed E-state index contributed by atoms with van der Waals surface area (Å²) in [6.07, 6.45) is 1.71. The van der Waals surface area contributed by atoms with Crippen LogP contribution in [0.4, 0.5) is 9.59 Å². The highest BCUT2D eigenvalue weighted by molar-refractivity contribution is 6.06. The fourth-order valence-electron chi connectivity index (χ4n) is 2.36. The average molecular weight is 374 g/mol. The van der Waals surface area contributed by atoms with Gasteiger partial charge in [0, 0.05) is 18.0 Å². The van der Waals surface area contributed by atoms with Crippen molar-refractivity contribution in [3.05, 3.63) is 42.2 Å². The van der Waals surface area contributed by atoms with Crippen LogP contribution in [0.15, 0.2) is 36.7 Å². The van der Waals surface area contributed by atoms with Crippen molar-refractivity contribution in [1.29, 1.82) is 0 Å². The van der Waals surface area contributed by atoms with Gasteiger partial charge < -0.3 is 13.9 Å². The maximum Gasteiger partial charge on any atom is 0.420 e. The van der Waals surface area contributed by atoms with Gasteiger partial charge in [-0.25, -0.2) is 14.5 Å². The zero-order valence-corrected chi connectivity index (χ0v) is 16.6. The van der Waals surface area contributed by atoms with Crippen LogP contribution in [-0.4, -0.2) is 45.0 Å². The van der Waals surface area contributed by atoms with Gasteiger partial charge in [0.05, 0.1) is 12.1 Å². The topological polar surface area (TPSA) is 77.3 Å². The summed E-state index contributed by atoms with van der Waals surface area (Å²) in [5, 5.41) is 0. The molecular weight excluding hydrogens is 348 g/mol. The predicted octanol–water partition coefficient (Wildman–Crippen LogP) is 4.29. The molecule has 27 heavy (non-hydrogen) atoms. The van der Waals surface area contributed by atoms with Gasteiger partial charge in [-0.15, -0.1) is 0 Å². The number of hydrogen-bond donors (Lipinski definition) is 0. The number of imide groups is 1. The molecule has 7 heteroatoms. The zero-order valence-electron chi connectivity index (χ0n) is 16.6. The number of amides is 2. The number of carbonyl (C=O) groups excluding carboxylic acids is 3. The third kappa shape index (κ3) is 5.57. The van der Waals surface area contributed by atoms with Gasteiger partial charge in [-0.1, -0.05) is 6.07 Å². The van der Waals surface area contributed by atoms with Gasteiger partial charge in [0.15, 0.2) is 5.78 Å². The molecule has 0 saturated carbocycles. The van der Waals surface area contributed by atoms with Crippen LogP contribution in [0.3, 0.4) is 0 Å². The molecule has 0 spiro atoms. The van der Waals surface area contributed by atoms with E-state index in [1.54, 1.807) is 64.3 Å². The predicted molar refractivity (Wildman–Crippen MR) is 101 cm³/mol.